The predicted molar refractivity (Wildman–Crippen MR) is 123 cm³/mol. The molecule has 4 rings (SSSR count). The summed E-state index contributed by atoms with van der Waals surface area (Å²) >= 11 is 0. The number of benzene rings is 2. The summed E-state index contributed by atoms with van der Waals surface area (Å²) in [4.78, 5) is 51.2. The third-order valence-corrected chi connectivity index (χ3v) is 6.44. The molecule has 1 saturated carbocycles. The molecule has 1 fully saturated rings. The minimum atomic E-state index is -1.44. The molecule has 0 bridgehead atoms. The zero-order valence-corrected chi connectivity index (χ0v) is 19.7. The minimum absolute atomic E-state index is 0.0333. The lowest BCUT2D eigenvalue weighted by Crippen LogP contribution is -2.41. The number of nitrogens with one attached hydrogen (secondary N) is 1. The summed E-state index contributed by atoms with van der Waals surface area (Å²) in [7, 11) is 1.52. The second-order valence-electron chi connectivity index (χ2n) is 8.78. The topological polar surface area (TPSA) is 125 Å². The van der Waals surface area contributed by atoms with Crippen molar-refractivity contribution in [3.8, 4) is 11.5 Å². The van der Waals surface area contributed by atoms with E-state index in [0.717, 1.165) is 30.6 Å². The maximum absolute atomic E-state index is 13.4. The third kappa shape index (κ3) is 4.99. The summed E-state index contributed by atoms with van der Waals surface area (Å²) in [5.41, 5.74) is 1.72. The second kappa shape index (κ2) is 10.2. The number of hydrogen-bond acceptors (Lipinski definition) is 7. The molecule has 1 aliphatic heterocycles. The molecule has 35 heavy (non-hydrogen) atoms. The highest BCUT2D eigenvalue weighted by molar-refractivity contribution is 6.22. The number of nitrogens with zero attached hydrogens (tertiary/aromatic N) is 1. The Labute approximate surface area is 203 Å². The summed E-state index contributed by atoms with van der Waals surface area (Å²) in [6.07, 6.45) is 3.68. The van der Waals surface area contributed by atoms with E-state index in [-0.39, 0.29) is 18.1 Å². The zero-order chi connectivity index (χ0) is 25.1. The average molecular weight is 480 g/mol. The van der Waals surface area contributed by atoms with Crippen LogP contribution < -0.4 is 19.9 Å². The van der Waals surface area contributed by atoms with Crippen LogP contribution in [0.4, 0.5) is 0 Å². The van der Waals surface area contributed by atoms with Crippen molar-refractivity contribution in [2.24, 2.45) is 0 Å². The van der Waals surface area contributed by atoms with Gasteiger partial charge in [-0.15, -0.1) is 0 Å². The number of hydrogen-bond donors (Lipinski definition) is 1. The molecule has 184 valence electrons. The van der Waals surface area contributed by atoms with E-state index in [2.05, 4.69) is 5.32 Å². The highest BCUT2D eigenvalue weighted by atomic mass is 16.5. The monoisotopic (exact) mass is 479 g/mol. The number of amides is 3. The fraction of sp³-hybridized carbons (Fsp3) is 0.385. The van der Waals surface area contributed by atoms with Crippen molar-refractivity contribution in [2.45, 2.75) is 51.2 Å². The van der Waals surface area contributed by atoms with Crippen LogP contribution in [0.1, 0.15) is 70.0 Å². The molecule has 1 aliphatic carbocycles. The van der Waals surface area contributed by atoms with Crippen LogP contribution in [-0.4, -0.2) is 48.3 Å². The van der Waals surface area contributed by atoms with E-state index in [9.17, 15) is 24.3 Å². The molecule has 2 aromatic rings. The molecule has 1 atom stereocenters. The van der Waals surface area contributed by atoms with Gasteiger partial charge < -0.3 is 24.7 Å². The molecule has 1 heterocycles. The zero-order valence-electron chi connectivity index (χ0n) is 19.7. The molecular weight excluding hydrogens is 452 g/mol. The van der Waals surface area contributed by atoms with Crippen molar-refractivity contribution in [2.75, 3.05) is 13.7 Å². The molecule has 0 radical (unpaired) electrons. The average Bonchev–Trinajstić information content (AvgIpc) is 3.43. The van der Waals surface area contributed by atoms with Crippen molar-refractivity contribution in [1.82, 2.24) is 10.2 Å². The number of aliphatic carboxylic acids is 1. The number of carboxylic acids is 1. The van der Waals surface area contributed by atoms with Crippen LogP contribution in [0.5, 0.6) is 11.5 Å². The van der Waals surface area contributed by atoms with Gasteiger partial charge in [0.25, 0.3) is 11.8 Å². The number of carbonyl (C=O) groups is 4. The van der Waals surface area contributed by atoms with Crippen molar-refractivity contribution < 1.29 is 33.8 Å². The van der Waals surface area contributed by atoms with Gasteiger partial charge in [-0.05, 0) is 61.9 Å². The van der Waals surface area contributed by atoms with Gasteiger partial charge in [0.15, 0.2) is 11.5 Å². The number of ether oxygens (including phenoxy) is 2. The maximum atomic E-state index is 13.4. The van der Waals surface area contributed by atoms with Crippen LogP contribution in [0, 0.1) is 6.92 Å². The Hall–Kier alpha value is -3.88. The van der Waals surface area contributed by atoms with E-state index in [1.807, 2.05) is 0 Å². The van der Waals surface area contributed by atoms with Gasteiger partial charge in [0.1, 0.15) is 0 Å². The van der Waals surface area contributed by atoms with Crippen molar-refractivity contribution in [1.29, 1.82) is 0 Å². The van der Waals surface area contributed by atoms with Gasteiger partial charge in [-0.3, -0.25) is 19.3 Å². The molecule has 0 spiro atoms. The van der Waals surface area contributed by atoms with Crippen LogP contribution in [0.25, 0.3) is 0 Å². The molecule has 2 aromatic carbocycles. The number of carboxylic acid groups (broad SMARTS) is 1. The van der Waals surface area contributed by atoms with E-state index >= 15 is 0 Å². The van der Waals surface area contributed by atoms with E-state index in [1.165, 1.54) is 7.11 Å². The summed E-state index contributed by atoms with van der Waals surface area (Å²) in [5, 5.41) is 13.1. The number of carbonyl (C=O) groups excluding carboxylic acids is 4. The Morgan fingerprint density at radius 1 is 1.11 bits per heavy atom. The number of rotatable bonds is 9. The molecule has 2 aliphatic rings. The fourth-order valence-corrected chi connectivity index (χ4v) is 4.71. The smallest absolute Gasteiger partial charge is 0.262 e. The minimum Gasteiger partial charge on any atom is -0.548 e. The summed E-state index contributed by atoms with van der Waals surface area (Å²) < 4.78 is 11.6. The Kier molecular flexibility index (Phi) is 7.04. The lowest BCUT2D eigenvalue weighted by molar-refractivity contribution is -0.304. The molecular formula is C26H27N2O7-. The number of methoxy groups -OCH3 is 1. The molecule has 0 aromatic heterocycles. The van der Waals surface area contributed by atoms with E-state index in [1.54, 1.807) is 43.3 Å². The predicted octanol–water partition coefficient (Wildman–Crippen LogP) is 1.92. The maximum Gasteiger partial charge on any atom is 0.262 e. The number of fused-ring (bicyclic) bond motifs is 1. The van der Waals surface area contributed by atoms with Gasteiger partial charge in [-0.1, -0.05) is 18.2 Å². The first-order chi connectivity index (χ1) is 16.8. The molecule has 1 unspecified atom stereocenters. The van der Waals surface area contributed by atoms with E-state index in [0.29, 0.717) is 28.2 Å². The van der Waals surface area contributed by atoms with Crippen molar-refractivity contribution >= 4 is 23.7 Å². The largest absolute Gasteiger partial charge is 0.548 e. The first-order valence-corrected chi connectivity index (χ1v) is 11.6. The Morgan fingerprint density at radius 2 is 1.86 bits per heavy atom. The molecule has 0 saturated heterocycles. The van der Waals surface area contributed by atoms with Gasteiger partial charge in [0.2, 0.25) is 5.91 Å². The number of aryl methyl sites for hydroxylation is 1. The Bertz CT molecular complexity index is 1170. The number of imide groups is 1. The molecule has 1 N–H and O–H groups in total. The van der Waals surface area contributed by atoms with Gasteiger partial charge in [-0.25, -0.2) is 0 Å². The third-order valence-electron chi connectivity index (χ3n) is 6.44. The Balaban J connectivity index is 1.72. The van der Waals surface area contributed by atoms with E-state index < -0.39 is 36.3 Å². The van der Waals surface area contributed by atoms with E-state index in [4.69, 9.17) is 9.47 Å². The van der Waals surface area contributed by atoms with Gasteiger partial charge in [-0.2, -0.15) is 0 Å². The van der Waals surface area contributed by atoms with Crippen molar-refractivity contribution in [3.63, 3.8) is 0 Å². The summed E-state index contributed by atoms with van der Waals surface area (Å²) in [6.45, 7) is 1.07. The lowest BCUT2D eigenvalue weighted by Gasteiger charge is -2.27. The van der Waals surface area contributed by atoms with Crippen LogP contribution in [0.15, 0.2) is 36.4 Å². The SMILES string of the molecule is COc1ccc(C(CC(=O)NCC(=O)[O-])N2C(=O)c3cccc(C)c3C2=O)cc1OC1CCCC1. The van der Waals surface area contributed by atoms with Gasteiger partial charge in [0.05, 0.1) is 49.3 Å². The first-order valence-electron chi connectivity index (χ1n) is 11.6. The molecule has 3 amide bonds. The molecule has 9 heteroatoms. The van der Waals surface area contributed by atoms with Crippen LogP contribution in [-0.2, 0) is 9.59 Å². The molecule has 9 nitrogen and oxygen atoms in total. The quantitative estimate of drug-likeness (QED) is 0.545. The summed E-state index contributed by atoms with van der Waals surface area (Å²) in [6, 6.07) is 9.08. The van der Waals surface area contributed by atoms with Crippen LogP contribution in [0.2, 0.25) is 0 Å². The van der Waals surface area contributed by atoms with Crippen LogP contribution in [0.3, 0.4) is 0 Å². The Morgan fingerprint density at radius 3 is 2.51 bits per heavy atom. The lowest BCUT2D eigenvalue weighted by atomic mass is 10.0. The van der Waals surface area contributed by atoms with Crippen LogP contribution >= 0.6 is 0 Å². The highest BCUT2D eigenvalue weighted by Crippen LogP contribution is 2.39. The normalized spacial score (nSPS) is 16.2. The highest BCUT2D eigenvalue weighted by Gasteiger charge is 2.42. The first kappa shape index (κ1) is 24.3. The van der Waals surface area contributed by atoms with Gasteiger partial charge in [0, 0.05) is 0 Å². The van der Waals surface area contributed by atoms with Crippen molar-refractivity contribution in [3.05, 3.63) is 58.7 Å². The second-order valence-corrected chi connectivity index (χ2v) is 8.78. The van der Waals surface area contributed by atoms with Gasteiger partial charge >= 0.3 is 0 Å². The fourth-order valence-electron chi connectivity index (χ4n) is 4.71. The standard InChI is InChI=1S/C26H28N2O7/c1-15-6-5-9-18-24(15)26(33)28(25(18)32)19(13-22(29)27-14-23(30)31)16-10-11-20(34-2)21(12-16)35-17-7-3-4-8-17/h5-6,9-12,17,19H,3-4,7-8,13-14H2,1-2H3,(H,27,29)(H,30,31)/p-1. The summed E-state index contributed by atoms with van der Waals surface area (Å²) in [5.74, 6) is -2.14.